The number of rotatable bonds is 26. The van der Waals surface area contributed by atoms with E-state index in [1.54, 1.807) is 11.1 Å². The first-order valence-electron chi connectivity index (χ1n) is 22.2. The van der Waals surface area contributed by atoms with Crippen molar-refractivity contribution in [3.63, 3.8) is 0 Å². The maximum atomic E-state index is 6.19. The van der Waals surface area contributed by atoms with Crippen molar-refractivity contribution in [2.75, 3.05) is 52.9 Å². The largest absolute Gasteiger partial charge is 0.381 e. The van der Waals surface area contributed by atoms with E-state index in [1.807, 2.05) is 0 Å². The first kappa shape index (κ1) is 42.4. The minimum atomic E-state index is 0.0595. The van der Waals surface area contributed by atoms with E-state index in [4.69, 9.17) is 18.9 Å². The summed E-state index contributed by atoms with van der Waals surface area (Å²) in [5, 5.41) is 0. The number of hydrogen-bond acceptors (Lipinski definition) is 4. The molecule has 0 amide bonds. The Bertz CT molecular complexity index is 1290. The first-order valence-corrected chi connectivity index (χ1v) is 22.2. The molecular weight excluding hydrogens is 653 g/mol. The molecule has 4 nitrogen and oxygen atoms in total. The van der Waals surface area contributed by atoms with E-state index in [-0.39, 0.29) is 27.1 Å². The number of unbranched alkanes of at least 4 members (excludes halogenated alkanes) is 6. The standard InChI is InChI=1S/C49H78O4/c1-9-45(7,10-2)39-23-25-41-42-26-24-40(46(8,11-3)12-4)32-44(42)49(43(41)31-39,27-19-15-17-21-29-50-33-47(13-5)35-52-36-47)28-20-16-18-22-30-51-34-48(14-6)37-53-38-48/h23-26,31-32H,9-22,27-30,33-38H2,1-8H3. The Labute approximate surface area is 325 Å². The van der Waals surface area contributed by atoms with Gasteiger partial charge in [-0.2, -0.15) is 0 Å². The summed E-state index contributed by atoms with van der Waals surface area (Å²) in [6.07, 6.45) is 19.3. The van der Waals surface area contributed by atoms with Gasteiger partial charge in [0.05, 0.1) is 39.6 Å². The molecule has 2 heterocycles. The Kier molecular flexibility index (Phi) is 15.2. The molecule has 0 bridgehead atoms. The van der Waals surface area contributed by atoms with Gasteiger partial charge in [-0.15, -0.1) is 0 Å². The summed E-state index contributed by atoms with van der Waals surface area (Å²) >= 11 is 0. The summed E-state index contributed by atoms with van der Waals surface area (Å²) in [4.78, 5) is 0. The quantitative estimate of drug-likeness (QED) is 0.0903. The highest BCUT2D eigenvalue weighted by molar-refractivity contribution is 5.82. The Morgan fingerprint density at radius 1 is 0.528 bits per heavy atom. The van der Waals surface area contributed by atoms with Crippen LogP contribution in [0.3, 0.4) is 0 Å². The van der Waals surface area contributed by atoms with E-state index in [9.17, 15) is 0 Å². The van der Waals surface area contributed by atoms with Crippen LogP contribution in [0.2, 0.25) is 0 Å². The summed E-state index contributed by atoms with van der Waals surface area (Å²) in [6.45, 7) is 25.9. The van der Waals surface area contributed by atoms with Crippen molar-refractivity contribution in [1.82, 2.24) is 0 Å². The fraction of sp³-hybridized carbons (Fsp3) is 0.755. The Hall–Kier alpha value is -1.72. The lowest BCUT2D eigenvalue weighted by atomic mass is 9.68. The van der Waals surface area contributed by atoms with E-state index < -0.39 is 0 Å². The van der Waals surface area contributed by atoms with Crippen molar-refractivity contribution in [2.24, 2.45) is 10.8 Å². The number of fused-ring (bicyclic) bond motifs is 3. The Balaban J connectivity index is 1.34. The molecule has 0 unspecified atom stereocenters. The second kappa shape index (κ2) is 18.9. The molecule has 53 heavy (non-hydrogen) atoms. The highest BCUT2D eigenvalue weighted by Crippen LogP contribution is 2.56. The van der Waals surface area contributed by atoms with Gasteiger partial charge in [0.1, 0.15) is 0 Å². The molecule has 5 rings (SSSR count). The van der Waals surface area contributed by atoms with Crippen molar-refractivity contribution >= 4 is 0 Å². The minimum absolute atomic E-state index is 0.0595. The van der Waals surface area contributed by atoms with E-state index in [0.717, 1.165) is 78.5 Å². The van der Waals surface area contributed by atoms with Crippen LogP contribution in [0, 0.1) is 10.8 Å². The lowest BCUT2D eigenvalue weighted by molar-refractivity contribution is -0.150. The van der Waals surface area contributed by atoms with Gasteiger partial charge < -0.3 is 18.9 Å². The van der Waals surface area contributed by atoms with Gasteiger partial charge in [0, 0.05) is 29.5 Å². The van der Waals surface area contributed by atoms with Crippen LogP contribution < -0.4 is 0 Å². The van der Waals surface area contributed by atoms with Gasteiger partial charge in [0.25, 0.3) is 0 Å². The molecule has 4 heteroatoms. The molecular formula is C49H78O4. The van der Waals surface area contributed by atoms with Crippen LogP contribution in [0.25, 0.3) is 11.1 Å². The Morgan fingerprint density at radius 3 is 1.23 bits per heavy atom. The lowest BCUT2D eigenvalue weighted by Crippen LogP contribution is -2.45. The number of ether oxygens (including phenoxy) is 4. The van der Waals surface area contributed by atoms with Gasteiger partial charge >= 0.3 is 0 Å². The van der Waals surface area contributed by atoms with Gasteiger partial charge in [0.15, 0.2) is 0 Å². The van der Waals surface area contributed by atoms with E-state index >= 15 is 0 Å². The zero-order chi connectivity index (χ0) is 38.0. The number of hydrogen-bond donors (Lipinski definition) is 0. The van der Waals surface area contributed by atoms with Gasteiger partial charge in [-0.1, -0.05) is 130 Å². The average molecular weight is 731 g/mol. The normalized spacial score (nSPS) is 18.3. The molecule has 2 aliphatic heterocycles. The zero-order valence-electron chi connectivity index (χ0n) is 35.6. The molecule has 2 saturated heterocycles. The third kappa shape index (κ3) is 9.30. The lowest BCUT2D eigenvalue weighted by Gasteiger charge is -2.40. The fourth-order valence-electron chi connectivity index (χ4n) is 9.33. The summed E-state index contributed by atoms with van der Waals surface area (Å²) < 4.78 is 23.4. The predicted molar refractivity (Wildman–Crippen MR) is 223 cm³/mol. The molecule has 298 valence electrons. The molecule has 0 saturated carbocycles. The molecule has 0 atom stereocenters. The molecule has 0 aromatic heterocycles. The highest BCUT2D eigenvalue weighted by Gasteiger charge is 2.44. The second-order valence-corrected chi connectivity index (χ2v) is 18.3. The van der Waals surface area contributed by atoms with E-state index in [1.165, 1.54) is 99.3 Å². The van der Waals surface area contributed by atoms with Crippen molar-refractivity contribution in [2.45, 2.75) is 174 Å². The van der Waals surface area contributed by atoms with Gasteiger partial charge in [-0.25, -0.2) is 0 Å². The van der Waals surface area contributed by atoms with Crippen molar-refractivity contribution in [3.05, 3.63) is 58.7 Å². The van der Waals surface area contributed by atoms with Gasteiger partial charge in [0.2, 0.25) is 0 Å². The molecule has 2 fully saturated rings. The van der Waals surface area contributed by atoms with E-state index in [0.29, 0.717) is 0 Å². The van der Waals surface area contributed by atoms with Crippen LogP contribution in [-0.2, 0) is 35.2 Å². The molecule has 0 N–H and O–H groups in total. The molecule has 2 aromatic rings. The molecule has 1 aliphatic carbocycles. The van der Waals surface area contributed by atoms with Crippen LogP contribution in [0.15, 0.2) is 36.4 Å². The number of benzene rings is 2. The predicted octanol–water partition coefficient (Wildman–Crippen LogP) is 12.9. The van der Waals surface area contributed by atoms with Gasteiger partial charge in [-0.05, 0) is 108 Å². The van der Waals surface area contributed by atoms with E-state index in [2.05, 4.69) is 91.8 Å². The summed E-state index contributed by atoms with van der Waals surface area (Å²) in [6, 6.07) is 15.3. The van der Waals surface area contributed by atoms with Crippen LogP contribution in [-0.4, -0.2) is 52.9 Å². The highest BCUT2D eigenvalue weighted by atomic mass is 16.5. The summed E-state index contributed by atoms with van der Waals surface area (Å²) in [5.74, 6) is 0. The molecule has 0 radical (unpaired) electrons. The van der Waals surface area contributed by atoms with Crippen LogP contribution in [0.1, 0.15) is 180 Å². The molecule has 3 aliphatic rings. The third-order valence-electron chi connectivity index (χ3n) is 15.1. The van der Waals surface area contributed by atoms with Crippen LogP contribution in [0.4, 0.5) is 0 Å². The minimum Gasteiger partial charge on any atom is -0.381 e. The van der Waals surface area contributed by atoms with Crippen molar-refractivity contribution < 1.29 is 18.9 Å². The van der Waals surface area contributed by atoms with Crippen molar-refractivity contribution in [1.29, 1.82) is 0 Å². The van der Waals surface area contributed by atoms with Crippen molar-refractivity contribution in [3.8, 4) is 11.1 Å². The van der Waals surface area contributed by atoms with Gasteiger partial charge in [-0.3, -0.25) is 0 Å². The second-order valence-electron chi connectivity index (χ2n) is 18.3. The zero-order valence-corrected chi connectivity index (χ0v) is 35.6. The summed E-state index contributed by atoms with van der Waals surface area (Å²) in [7, 11) is 0. The topological polar surface area (TPSA) is 36.9 Å². The average Bonchev–Trinajstić information content (AvgIpc) is 3.43. The maximum Gasteiger partial charge on any atom is 0.0566 e. The SMILES string of the molecule is CCC1(COCCCCCCC2(CCCCCCOCC3(CC)COC3)c3cc(C(C)(CC)CC)ccc3-c3ccc(C(C)(CC)CC)cc32)COC1. The molecule has 0 spiro atoms. The third-order valence-corrected chi connectivity index (χ3v) is 15.1. The molecule has 2 aromatic carbocycles. The summed E-state index contributed by atoms with van der Waals surface area (Å²) in [5.41, 5.74) is 10.3. The monoisotopic (exact) mass is 731 g/mol. The first-order chi connectivity index (χ1) is 25.6. The fourth-order valence-corrected chi connectivity index (χ4v) is 9.33. The van der Waals surface area contributed by atoms with Crippen LogP contribution >= 0.6 is 0 Å². The smallest absolute Gasteiger partial charge is 0.0566 e. The van der Waals surface area contributed by atoms with Crippen LogP contribution in [0.5, 0.6) is 0 Å². The Morgan fingerprint density at radius 2 is 0.906 bits per heavy atom. The maximum absolute atomic E-state index is 6.19.